The van der Waals surface area contributed by atoms with Crippen molar-refractivity contribution in [2.45, 2.75) is 13.1 Å². The summed E-state index contributed by atoms with van der Waals surface area (Å²) in [5.74, 6) is 0. The first-order valence-electron chi connectivity index (χ1n) is 1.97. The summed E-state index contributed by atoms with van der Waals surface area (Å²) in [5, 5.41) is 0. The fourth-order valence-corrected chi connectivity index (χ4v) is 0. The van der Waals surface area contributed by atoms with Gasteiger partial charge in [-0.2, -0.15) is 0 Å². The number of rotatable bonds is 1. The third-order valence-corrected chi connectivity index (χ3v) is 1.41. The van der Waals surface area contributed by atoms with Gasteiger partial charge in [0.15, 0.2) is 7.01 Å². The van der Waals surface area contributed by atoms with E-state index in [4.69, 9.17) is 5.64 Å². The Kier molecular flexibility index (Phi) is 2.60. The van der Waals surface area contributed by atoms with Gasteiger partial charge in [-0.15, -0.1) is 0 Å². The molecule has 0 radical (unpaired) electrons. The summed E-state index contributed by atoms with van der Waals surface area (Å²) in [7, 11) is 0.573. The molecule has 0 unspecified atom stereocenters. The zero-order valence-corrected chi connectivity index (χ0v) is 5.02. The molecule has 30 valence electrons. The Morgan fingerprint density at radius 3 is 1.80 bits per heavy atom. The lowest BCUT2D eigenvalue weighted by Gasteiger charge is -1.85. The first-order chi connectivity index (χ1) is 2.27. The highest BCUT2D eigenvalue weighted by Crippen LogP contribution is 1.64. The van der Waals surface area contributed by atoms with Gasteiger partial charge in [-0.05, 0) is 0 Å². The van der Waals surface area contributed by atoms with Crippen molar-refractivity contribution in [3.8, 4) is 0 Å². The van der Waals surface area contributed by atoms with E-state index in [2.05, 4.69) is 13.1 Å². The molecule has 5 heavy (non-hydrogen) atoms. The Morgan fingerprint density at radius 2 is 1.80 bits per heavy atom. The molecule has 2 N–H and O–H groups in total. The van der Waals surface area contributed by atoms with Crippen LogP contribution in [0.3, 0.4) is 0 Å². The van der Waals surface area contributed by atoms with Crippen molar-refractivity contribution in [3.63, 3.8) is 0 Å². The Labute approximate surface area is 35.4 Å². The SMILES string of the molecule is C[SiH](C)BN. The molecule has 0 saturated heterocycles. The Balaban J connectivity index is 2.54. The van der Waals surface area contributed by atoms with Gasteiger partial charge in [0.2, 0.25) is 0 Å². The molecule has 0 saturated carbocycles. The van der Waals surface area contributed by atoms with Gasteiger partial charge in [0, 0.05) is 8.67 Å². The maximum Gasteiger partial charge on any atom is 0.184 e. The zero-order valence-electron chi connectivity index (χ0n) is 3.86. The normalized spacial score (nSPS) is 8.80. The summed E-state index contributed by atoms with van der Waals surface area (Å²) in [6, 6.07) is 0. The summed E-state index contributed by atoms with van der Waals surface area (Å²) in [6.45, 7) is 4.47. The minimum atomic E-state index is -0.372. The monoisotopic (exact) mass is 87.1 g/mol. The van der Waals surface area contributed by atoms with Crippen LogP contribution in [0, 0.1) is 0 Å². The van der Waals surface area contributed by atoms with Crippen molar-refractivity contribution in [2.75, 3.05) is 0 Å². The van der Waals surface area contributed by atoms with E-state index in [9.17, 15) is 0 Å². The molecule has 3 heteroatoms. The van der Waals surface area contributed by atoms with Gasteiger partial charge >= 0.3 is 0 Å². The fraction of sp³-hybridized carbons (Fsp3) is 1.00. The molecule has 1 nitrogen and oxygen atoms in total. The maximum atomic E-state index is 5.23. The van der Waals surface area contributed by atoms with Crippen LogP contribution in [0.5, 0.6) is 0 Å². The van der Waals surface area contributed by atoms with Crippen LogP contribution >= 0.6 is 0 Å². The van der Waals surface area contributed by atoms with Crippen molar-refractivity contribution in [1.29, 1.82) is 0 Å². The van der Waals surface area contributed by atoms with Gasteiger partial charge in [0.1, 0.15) is 0 Å². The van der Waals surface area contributed by atoms with E-state index in [1.54, 1.807) is 0 Å². The molecule has 0 heterocycles. The van der Waals surface area contributed by atoms with Crippen LogP contribution < -0.4 is 5.64 Å². The lowest BCUT2D eigenvalue weighted by molar-refractivity contribution is 1.93. The van der Waals surface area contributed by atoms with Crippen LogP contribution in [-0.2, 0) is 0 Å². The van der Waals surface area contributed by atoms with Crippen molar-refractivity contribution < 1.29 is 0 Å². The average molecular weight is 87.0 g/mol. The Bertz CT molecular complexity index is 23.6. The Hall–Kier alpha value is 0.242. The standard InChI is InChI=1S/C2H10BNSi/c1-5(2)3-4/h3,5H,4H2,1-2H3. The Morgan fingerprint density at radius 1 is 1.60 bits per heavy atom. The van der Waals surface area contributed by atoms with Gasteiger partial charge in [-0.25, -0.2) is 0 Å². The number of nitrogens with two attached hydrogens (primary N) is 1. The predicted octanol–water partition coefficient (Wildman–Crippen LogP) is -0.720. The molecule has 0 amide bonds. The second-order valence-electron chi connectivity index (χ2n) is 1.63. The van der Waals surface area contributed by atoms with E-state index in [0.717, 1.165) is 7.01 Å². The second kappa shape index (κ2) is 2.48. The molecule has 0 rings (SSSR count). The molecular weight excluding hydrogens is 76.9 g/mol. The molecule has 0 bridgehead atoms. The molecule has 0 aromatic rings. The van der Waals surface area contributed by atoms with E-state index in [1.165, 1.54) is 0 Å². The molecule has 0 aliphatic rings. The first kappa shape index (κ1) is 5.24. The van der Waals surface area contributed by atoms with Gasteiger partial charge in [0.25, 0.3) is 0 Å². The average Bonchev–Trinajstić information content (AvgIpc) is 1.38. The summed E-state index contributed by atoms with van der Waals surface area (Å²) < 4.78 is 0. The number of hydrogen-bond acceptors (Lipinski definition) is 1. The largest absolute Gasteiger partial charge is 0.375 e. The maximum absolute atomic E-state index is 5.23. The predicted molar refractivity (Wildman–Crippen MR) is 30.2 cm³/mol. The molecule has 0 atom stereocenters. The minimum absolute atomic E-state index is 0.372. The van der Waals surface area contributed by atoms with Crippen LogP contribution in [0.2, 0.25) is 13.1 Å². The molecule has 0 spiro atoms. The van der Waals surface area contributed by atoms with Gasteiger partial charge < -0.3 is 5.64 Å². The highest BCUT2D eigenvalue weighted by molar-refractivity contribution is 7.09. The summed E-state index contributed by atoms with van der Waals surface area (Å²) in [6.07, 6.45) is 0. The van der Waals surface area contributed by atoms with Crippen molar-refractivity contribution in [3.05, 3.63) is 0 Å². The molecule has 0 aliphatic heterocycles. The molecule has 0 aliphatic carbocycles. The van der Waals surface area contributed by atoms with E-state index >= 15 is 0 Å². The highest BCUT2D eigenvalue weighted by Gasteiger charge is 1.86. The van der Waals surface area contributed by atoms with Crippen LogP contribution in [0.15, 0.2) is 0 Å². The fourth-order valence-electron chi connectivity index (χ4n) is 0. The van der Waals surface area contributed by atoms with E-state index in [1.807, 2.05) is 0 Å². The van der Waals surface area contributed by atoms with E-state index < -0.39 is 0 Å². The van der Waals surface area contributed by atoms with E-state index in [0.29, 0.717) is 0 Å². The molecular formula is C2H10BNSi. The number of hydrogen-bond donors (Lipinski definition) is 1. The van der Waals surface area contributed by atoms with Crippen LogP contribution in [-0.4, -0.2) is 15.7 Å². The van der Waals surface area contributed by atoms with Crippen LogP contribution in [0.1, 0.15) is 0 Å². The first-order valence-corrected chi connectivity index (χ1v) is 5.10. The minimum Gasteiger partial charge on any atom is -0.375 e. The summed E-state index contributed by atoms with van der Waals surface area (Å²) in [5.41, 5.74) is 5.23. The van der Waals surface area contributed by atoms with E-state index in [-0.39, 0.29) is 8.67 Å². The van der Waals surface area contributed by atoms with Crippen LogP contribution in [0.4, 0.5) is 0 Å². The smallest absolute Gasteiger partial charge is 0.184 e. The van der Waals surface area contributed by atoms with Gasteiger partial charge in [-0.1, -0.05) is 13.1 Å². The van der Waals surface area contributed by atoms with Gasteiger partial charge in [0.05, 0.1) is 0 Å². The summed E-state index contributed by atoms with van der Waals surface area (Å²) in [4.78, 5) is 0. The van der Waals surface area contributed by atoms with Gasteiger partial charge in [-0.3, -0.25) is 0 Å². The molecule has 0 aromatic carbocycles. The summed E-state index contributed by atoms with van der Waals surface area (Å²) >= 11 is 0. The third kappa shape index (κ3) is 4.24. The molecule has 0 fully saturated rings. The third-order valence-electron chi connectivity index (χ3n) is 0.471. The highest BCUT2D eigenvalue weighted by atomic mass is 28.3. The second-order valence-corrected chi connectivity index (χ2v) is 4.89. The zero-order chi connectivity index (χ0) is 4.28. The molecule has 0 aromatic heterocycles. The van der Waals surface area contributed by atoms with Crippen LogP contribution in [0.25, 0.3) is 0 Å². The van der Waals surface area contributed by atoms with Crippen molar-refractivity contribution in [2.24, 2.45) is 5.64 Å². The van der Waals surface area contributed by atoms with Crippen molar-refractivity contribution >= 4 is 15.7 Å². The quantitative estimate of drug-likeness (QED) is 0.419. The topological polar surface area (TPSA) is 26.0 Å². The van der Waals surface area contributed by atoms with Crippen molar-refractivity contribution in [1.82, 2.24) is 0 Å². The lowest BCUT2D eigenvalue weighted by atomic mass is 10.5. The lowest BCUT2D eigenvalue weighted by Crippen LogP contribution is -2.21.